The van der Waals surface area contributed by atoms with Gasteiger partial charge in [-0.25, -0.2) is 13.6 Å². The van der Waals surface area contributed by atoms with Crippen LogP contribution in [0.1, 0.15) is 21.6 Å². The molecule has 0 spiro atoms. The van der Waals surface area contributed by atoms with E-state index in [1.54, 1.807) is 25.1 Å². The summed E-state index contributed by atoms with van der Waals surface area (Å²) in [4.78, 5) is 16.1. The molecule has 1 aromatic carbocycles. The minimum absolute atomic E-state index is 0.0117. The van der Waals surface area contributed by atoms with Crippen molar-refractivity contribution in [3.05, 3.63) is 53.3 Å². The summed E-state index contributed by atoms with van der Waals surface area (Å²) in [6.07, 6.45) is 1.46. The van der Waals surface area contributed by atoms with E-state index >= 15 is 0 Å². The van der Waals surface area contributed by atoms with Crippen LogP contribution in [-0.2, 0) is 10.0 Å². The zero-order valence-electron chi connectivity index (χ0n) is 11.6. The molecule has 0 fully saturated rings. The Hall–Kier alpha value is -2.25. The second-order valence-electron chi connectivity index (χ2n) is 4.62. The third-order valence-electron chi connectivity index (χ3n) is 3.01. The SMILES string of the molecule is Cc1ccc(C(=O)Nc2cccc(S(N)(=O)=O)c2C)cn1. The molecule has 7 heteroatoms. The predicted molar refractivity (Wildman–Crippen MR) is 79.5 cm³/mol. The van der Waals surface area contributed by atoms with Crippen molar-refractivity contribution in [1.29, 1.82) is 0 Å². The number of pyridine rings is 1. The molecule has 0 unspecified atom stereocenters. The van der Waals surface area contributed by atoms with E-state index in [4.69, 9.17) is 5.14 Å². The molecule has 110 valence electrons. The molecular weight excluding hydrogens is 290 g/mol. The number of benzene rings is 1. The van der Waals surface area contributed by atoms with Gasteiger partial charge in [-0.05, 0) is 43.7 Å². The van der Waals surface area contributed by atoms with Gasteiger partial charge in [0.1, 0.15) is 0 Å². The number of aryl methyl sites for hydroxylation is 1. The van der Waals surface area contributed by atoms with Crippen molar-refractivity contribution in [3.63, 3.8) is 0 Å². The number of nitrogens with two attached hydrogens (primary N) is 1. The molecule has 2 aromatic rings. The number of nitrogens with zero attached hydrogens (tertiary/aromatic N) is 1. The maximum absolute atomic E-state index is 12.1. The summed E-state index contributed by atoms with van der Waals surface area (Å²) >= 11 is 0. The van der Waals surface area contributed by atoms with Crippen molar-refractivity contribution in [3.8, 4) is 0 Å². The Balaban J connectivity index is 2.32. The molecule has 0 aliphatic heterocycles. The fourth-order valence-corrected chi connectivity index (χ4v) is 2.66. The normalized spacial score (nSPS) is 11.2. The minimum atomic E-state index is -3.83. The largest absolute Gasteiger partial charge is 0.322 e. The third kappa shape index (κ3) is 3.45. The number of anilines is 1. The summed E-state index contributed by atoms with van der Waals surface area (Å²) < 4.78 is 22.9. The first-order valence-electron chi connectivity index (χ1n) is 6.15. The van der Waals surface area contributed by atoms with E-state index in [0.717, 1.165) is 5.69 Å². The predicted octanol–water partition coefficient (Wildman–Crippen LogP) is 1.60. The van der Waals surface area contributed by atoms with Crippen molar-refractivity contribution in [1.82, 2.24) is 4.98 Å². The highest BCUT2D eigenvalue weighted by molar-refractivity contribution is 7.89. The molecule has 0 atom stereocenters. The summed E-state index contributed by atoms with van der Waals surface area (Å²) in [5, 5.41) is 7.79. The van der Waals surface area contributed by atoms with Gasteiger partial charge in [-0.15, -0.1) is 0 Å². The molecule has 1 aromatic heterocycles. The van der Waals surface area contributed by atoms with Crippen molar-refractivity contribution >= 4 is 21.6 Å². The van der Waals surface area contributed by atoms with Crippen molar-refractivity contribution in [2.45, 2.75) is 18.7 Å². The van der Waals surface area contributed by atoms with Crippen LogP contribution in [0.2, 0.25) is 0 Å². The highest BCUT2D eigenvalue weighted by Gasteiger charge is 2.15. The van der Waals surface area contributed by atoms with Crippen LogP contribution in [0.4, 0.5) is 5.69 Å². The Kier molecular flexibility index (Phi) is 4.06. The lowest BCUT2D eigenvalue weighted by Crippen LogP contribution is -2.17. The second kappa shape index (κ2) is 5.63. The summed E-state index contributed by atoms with van der Waals surface area (Å²) in [7, 11) is -3.83. The highest BCUT2D eigenvalue weighted by atomic mass is 32.2. The van der Waals surface area contributed by atoms with E-state index in [2.05, 4.69) is 10.3 Å². The summed E-state index contributed by atoms with van der Waals surface area (Å²) in [5.74, 6) is -0.364. The lowest BCUT2D eigenvalue weighted by molar-refractivity contribution is 0.102. The van der Waals surface area contributed by atoms with Crippen LogP contribution in [0.3, 0.4) is 0 Å². The average molecular weight is 305 g/mol. The fraction of sp³-hybridized carbons (Fsp3) is 0.143. The van der Waals surface area contributed by atoms with Gasteiger partial charge in [-0.1, -0.05) is 6.07 Å². The Morgan fingerprint density at radius 2 is 1.90 bits per heavy atom. The number of carbonyl (C=O) groups excluding carboxylic acids is 1. The molecule has 0 radical (unpaired) electrons. The Morgan fingerprint density at radius 3 is 2.48 bits per heavy atom. The van der Waals surface area contributed by atoms with Crippen LogP contribution in [-0.4, -0.2) is 19.3 Å². The lowest BCUT2D eigenvalue weighted by atomic mass is 10.2. The van der Waals surface area contributed by atoms with Gasteiger partial charge in [0, 0.05) is 17.6 Å². The second-order valence-corrected chi connectivity index (χ2v) is 6.15. The molecule has 2 rings (SSSR count). The molecule has 0 aliphatic rings. The van der Waals surface area contributed by atoms with Gasteiger partial charge in [-0.3, -0.25) is 9.78 Å². The fourth-order valence-electron chi connectivity index (χ4n) is 1.85. The van der Waals surface area contributed by atoms with Crippen LogP contribution in [0.25, 0.3) is 0 Å². The smallest absolute Gasteiger partial charge is 0.257 e. The molecule has 3 N–H and O–H groups in total. The first kappa shape index (κ1) is 15.1. The van der Waals surface area contributed by atoms with Crippen LogP contribution >= 0.6 is 0 Å². The van der Waals surface area contributed by atoms with E-state index < -0.39 is 10.0 Å². The Labute approximate surface area is 123 Å². The molecule has 0 saturated heterocycles. The number of nitrogens with one attached hydrogen (secondary N) is 1. The molecule has 1 amide bonds. The number of rotatable bonds is 3. The molecule has 6 nitrogen and oxygen atoms in total. The lowest BCUT2D eigenvalue weighted by Gasteiger charge is -2.11. The summed E-state index contributed by atoms with van der Waals surface area (Å²) in [5.41, 5.74) is 1.99. The quantitative estimate of drug-likeness (QED) is 0.899. The first-order chi connectivity index (χ1) is 9.79. The maximum atomic E-state index is 12.1. The molecule has 0 saturated carbocycles. The number of hydrogen-bond acceptors (Lipinski definition) is 4. The Morgan fingerprint density at radius 1 is 1.19 bits per heavy atom. The summed E-state index contributed by atoms with van der Waals surface area (Å²) in [6.45, 7) is 3.41. The number of hydrogen-bond donors (Lipinski definition) is 2. The van der Waals surface area contributed by atoms with E-state index in [1.165, 1.54) is 18.3 Å². The number of carbonyl (C=O) groups is 1. The van der Waals surface area contributed by atoms with E-state index in [-0.39, 0.29) is 10.8 Å². The minimum Gasteiger partial charge on any atom is -0.322 e. The highest BCUT2D eigenvalue weighted by Crippen LogP contribution is 2.22. The third-order valence-corrected chi connectivity index (χ3v) is 4.07. The standard InChI is InChI=1S/C14H15N3O3S/c1-9-6-7-11(8-16-9)14(18)17-12-4-3-5-13(10(12)2)21(15,19)20/h3-8H,1-2H3,(H,17,18)(H2,15,19,20). The number of primary sulfonamides is 1. The van der Waals surface area contributed by atoms with Crippen molar-refractivity contribution in [2.24, 2.45) is 5.14 Å². The monoisotopic (exact) mass is 305 g/mol. The average Bonchev–Trinajstić information content (AvgIpc) is 2.40. The van der Waals surface area contributed by atoms with Gasteiger partial charge >= 0.3 is 0 Å². The number of amides is 1. The van der Waals surface area contributed by atoms with Crippen LogP contribution in [0.15, 0.2) is 41.4 Å². The first-order valence-corrected chi connectivity index (χ1v) is 7.70. The molecule has 1 heterocycles. The molecule has 0 aliphatic carbocycles. The maximum Gasteiger partial charge on any atom is 0.257 e. The number of aromatic nitrogens is 1. The van der Waals surface area contributed by atoms with Crippen LogP contribution in [0.5, 0.6) is 0 Å². The van der Waals surface area contributed by atoms with Gasteiger partial charge in [0.25, 0.3) is 5.91 Å². The van der Waals surface area contributed by atoms with Crippen molar-refractivity contribution in [2.75, 3.05) is 5.32 Å². The van der Waals surface area contributed by atoms with Gasteiger partial charge in [0.2, 0.25) is 10.0 Å². The molecular formula is C14H15N3O3S. The Bertz CT molecular complexity index is 784. The van der Waals surface area contributed by atoms with Crippen LogP contribution in [0, 0.1) is 13.8 Å². The van der Waals surface area contributed by atoms with E-state index in [9.17, 15) is 13.2 Å². The van der Waals surface area contributed by atoms with Gasteiger partial charge < -0.3 is 5.32 Å². The topological polar surface area (TPSA) is 102 Å². The zero-order chi connectivity index (χ0) is 15.6. The van der Waals surface area contributed by atoms with E-state index in [1.807, 2.05) is 6.92 Å². The van der Waals surface area contributed by atoms with Crippen molar-refractivity contribution < 1.29 is 13.2 Å². The van der Waals surface area contributed by atoms with Crippen LogP contribution < -0.4 is 10.5 Å². The van der Waals surface area contributed by atoms with E-state index in [0.29, 0.717) is 16.8 Å². The van der Waals surface area contributed by atoms with Gasteiger partial charge in [-0.2, -0.15) is 0 Å². The zero-order valence-corrected chi connectivity index (χ0v) is 12.4. The number of sulfonamides is 1. The van der Waals surface area contributed by atoms with Gasteiger partial charge in [0.05, 0.1) is 10.5 Å². The molecule has 21 heavy (non-hydrogen) atoms. The molecule has 0 bridgehead atoms. The van der Waals surface area contributed by atoms with Gasteiger partial charge in [0.15, 0.2) is 0 Å². The summed E-state index contributed by atoms with van der Waals surface area (Å²) in [6, 6.07) is 7.91.